The number of fused-ring (bicyclic) bond motifs is 1. The normalized spacial score (nSPS) is 10.9. The van der Waals surface area contributed by atoms with E-state index in [0.717, 1.165) is 10.0 Å². The predicted molar refractivity (Wildman–Crippen MR) is 64.0 cm³/mol. The minimum atomic E-state index is -0.944. The van der Waals surface area contributed by atoms with Gasteiger partial charge in [0, 0.05) is 10.7 Å². The van der Waals surface area contributed by atoms with Crippen molar-refractivity contribution >= 4 is 27.5 Å². The standard InChI is InChI=1S/C11H11BrN2O2/c1-3-8-10(11(15)16)14-5-7(12)6(2)4-9(14)13-8/h4-5H,3H2,1-2H3,(H,15,16). The first-order valence-electron chi connectivity index (χ1n) is 4.95. The van der Waals surface area contributed by atoms with Crippen LogP contribution in [0.5, 0.6) is 0 Å². The molecule has 4 nitrogen and oxygen atoms in total. The molecule has 0 aliphatic heterocycles. The molecule has 0 spiro atoms. The van der Waals surface area contributed by atoms with E-state index in [2.05, 4.69) is 20.9 Å². The summed E-state index contributed by atoms with van der Waals surface area (Å²) < 4.78 is 2.49. The SMILES string of the molecule is CCc1nc2cc(C)c(Br)cn2c1C(=O)O. The van der Waals surface area contributed by atoms with Gasteiger partial charge in [0.2, 0.25) is 0 Å². The van der Waals surface area contributed by atoms with E-state index in [0.29, 0.717) is 17.8 Å². The van der Waals surface area contributed by atoms with Crippen LogP contribution in [-0.2, 0) is 6.42 Å². The van der Waals surface area contributed by atoms with Gasteiger partial charge < -0.3 is 5.11 Å². The largest absolute Gasteiger partial charge is 0.477 e. The van der Waals surface area contributed by atoms with Crippen molar-refractivity contribution in [2.24, 2.45) is 0 Å². The minimum Gasteiger partial charge on any atom is -0.477 e. The van der Waals surface area contributed by atoms with Crippen LogP contribution in [0.4, 0.5) is 0 Å². The lowest BCUT2D eigenvalue weighted by molar-refractivity contribution is 0.0688. The van der Waals surface area contributed by atoms with Crippen LogP contribution in [0.25, 0.3) is 5.65 Å². The van der Waals surface area contributed by atoms with E-state index < -0.39 is 5.97 Å². The maximum absolute atomic E-state index is 11.2. The van der Waals surface area contributed by atoms with Crippen LogP contribution in [0.3, 0.4) is 0 Å². The van der Waals surface area contributed by atoms with E-state index in [9.17, 15) is 4.79 Å². The average Bonchev–Trinajstić information content (AvgIpc) is 2.56. The Morgan fingerprint density at radius 3 is 2.88 bits per heavy atom. The summed E-state index contributed by atoms with van der Waals surface area (Å²) in [6, 6.07) is 1.87. The molecule has 0 amide bonds. The second-order valence-corrected chi connectivity index (χ2v) is 4.45. The smallest absolute Gasteiger partial charge is 0.354 e. The fourth-order valence-electron chi connectivity index (χ4n) is 1.68. The van der Waals surface area contributed by atoms with Crippen LogP contribution in [-0.4, -0.2) is 20.5 Å². The molecule has 84 valence electrons. The van der Waals surface area contributed by atoms with Crippen molar-refractivity contribution < 1.29 is 9.90 Å². The van der Waals surface area contributed by atoms with Gasteiger partial charge in [0.05, 0.1) is 5.69 Å². The number of hydrogen-bond donors (Lipinski definition) is 1. The second kappa shape index (κ2) is 3.90. The fourth-order valence-corrected chi connectivity index (χ4v) is 2.00. The van der Waals surface area contributed by atoms with Crippen molar-refractivity contribution in [1.82, 2.24) is 9.38 Å². The van der Waals surface area contributed by atoms with E-state index in [-0.39, 0.29) is 5.69 Å². The Labute approximate surface area is 101 Å². The van der Waals surface area contributed by atoms with Crippen LogP contribution in [0.1, 0.15) is 28.7 Å². The van der Waals surface area contributed by atoms with Gasteiger partial charge in [-0.2, -0.15) is 0 Å². The Bertz CT molecular complexity index is 575. The highest BCUT2D eigenvalue weighted by Gasteiger charge is 2.17. The molecule has 2 aromatic heterocycles. The summed E-state index contributed by atoms with van der Waals surface area (Å²) in [7, 11) is 0. The number of halogens is 1. The summed E-state index contributed by atoms with van der Waals surface area (Å²) in [5, 5.41) is 9.17. The van der Waals surface area contributed by atoms with Gasteiger partial charge in [0.15, 0.2) is 5.69 Å². The van der Waals surface area contributed by atoms with Crippen molar-refractivity contribution in [3.63, 3.8) is 0 Å². The third-order valence-corrected chi connectivity index (χ3v) is 3.34. The number of imidazole rings is 1. The number of nitrogens with zero attached hydrogens (tertiary/aromatic N) is 2. The van der Waals surface area contributed by atoms with Crippen molar-refractivity contribution in [1.29, 1.82) is 0 Å². The number of rotatable bonds is 2. The van der Waals surface area contributed by atoms with Crippen molar-refractivity contribution in [2.45, 2.75) is 20.3 Å². The monoisotopic (exact) mass is 282 g/mol. The fraction of sp³-hybridized carbons (Fsp3) is 0.273. The molecule has 0 aliphatic rings. The molecule has 0 aromatic carbocycles. The maximum Gasteiger partial charge on any atom is 0.354 e. The first-order chi connectivity index (χ1) is 7.54. The summed E-state index contributed by atoms with van der Waals surface area (Å²) in [4.78, 5) is 15.5. The quantitative estimate of drug-likeness (QED) is 0.921. The highest BCUT2D eigenvalue weighted by Crippen LogP contribution is 2.21. The Kier molecular flexibility index (Phi) is 2.71. The van der Waals surface area contributed by atoms with E-state index in [1.165, 1.54) is 0 Å². The van der Waals surface area contributed by atoms with E-state index in [1.54, 1.807) is 10.6 Å². The van der Waals surface area contributed by atoms with Crippen LogP contribution in [0.2, 0.25) is 0 Å². The molecule has 2 aromatic rings. The van der Waals surface area contributed by atoms with Crippen LogP contribution in [0.15, 0.2) is 16.7 Å². The third-order valence-electron chi connectivity index (χ3n) is 2.51. The van der Waals surface area contributed by atoms with Gasteiger partial charge in [-0.3, -0.25) is 4.40 Å². The van der Waals surface area contributed by atoms with E-state index >= 15 is 0 Å². The molecule has 2 heterocycles. The molecule has 0 saturated heterocycles. The number of carbonyl (C=O) groups is 1. The highest BCUT2D eigenvalue weighted by molar-refractivity contribution is 9.10. The first-order valence-corrected chi connectivity index (χ1v) is 5.74. The molecule has 0 unspecified atom stereocenters. The molecule has 16 heavy (non-hydrogen) atoms. The van der Waals surface area contributed by atoms with Gasteiger partial charge >= 0.3 is 5.97 Å². The van der Waals surface area contributed by atoms with Crippen molar-refractivity contribution in [2.75, 3.05) is 0 Å². The van der Waals surface area contributed by atoms with Gasteiger partial charge in [0.1, 0.15) is 5.65 Å². The Morgan fingerprint density at radius 1 is 1.62 bits per heavy atom. The third kappa shape index (κ3) is 1.61. The molecular formula is C11H11BrN2O2. The summed E-state index contributed by atoms with van der Waals surface area (Å²) in [6.45, 7) is 3.85. The van der Waals surface area contributed by atoms with E-state index in [1.807, 2.05) is 19.9 Å². The zero-order chi connectivity index (χ0) is 11.9. The number of carboxylic acids is 1. The number of pyridine rings is 1. The Balaban J connectivity index is 2.84. The number of aromatic carboxylic acids is 1. The average molecular weight is 283 g/mol. The minimum absolute atomic E-state index is 0.248. The second-order valence-electron chi connectivity index (χ2n) is 3.60. The number of carboxylic acid groups (broad SMARTS) is 1. The summed E-state index contributed by atoms with van der Waals surface area (Å²) in [5.41, 5.74) is 2.58. The topological polar surface area (TPSA) is 54.6 Å². The van der Waals surface area contributed by atoms with Gasteiger partial charge in [-0.1, -0.05) is 6.92 Å². The van der Waals surface area contributed by atoms with Crippen LogP contribution in [0, 0.1) is 6.92 Å². The van der Waals surface area contributed by atoms with Crippen molar-refractivity contribution in [3.05, 3.63) is 33.7 Å². The lowest BCUT2D eigenvalue weighted by atomic mass is 10.2. The molecule has 0 radical (unpaired) electrons. The summed E-state index contributed by atoms with van der Waals surface area (Å²) >= 11 is 3.39. The molecule has 0 atom stereocenters. The lowest BCUT2D eigenvalue weighted by Gasteiger charge is -2.01. The molecule has 0 fully saturated rings. The van der Waals surface area contributed by atoms with Gasteiger partial charge in [-0.25, -0.2) is 9.78 Å². The number of aryl methyl sites for hydroxylation is 2. The zero-order valence-electron chi connectivity index (χ0n) is 8.99. The van der Waals surface area contributed by atoms with Crippen molar-refractivity contribution in [3.8, 4) is 0 Å². The Hall–Kier alpha value is -1.36. The number of aromatic nitrogens is 2. The van der Waals surface area contributed by atoms with Crippen LogP contribution >= 0.6 is 15.9 Å². The predicted octanol–water partition coefficient (Wildman–Crippen LogP) is 2.67. The molecular weight excluding hydrogens is 272 g/mol. The summed E-state index contributed by atoms with van der Waals surface area (Å²) in [6.07, 6.45) is 2.36. The van der Waals surface area contributed by atoms with Gasteiger partial charge in [-0.15, -0.1) is 0 Å². The molecule has 0 bridgehead atoms. The number of hydrogen-bond acceptors (Lipinski definition) is 2. The molecule has 0 aliphatic carbocycles. The Morgan fingerprint density at radius 2 is 2.31 bits per heavy atom. The highest BCUT2D eigenvalue weighted by atomic mass is 79.9. The summed E-state index contributed by atoms with van der Waals surface area (Å²) in [5.74, 6) is -0.944. The molecule has 0 saturated carbocycles. The van der Waals surface area contributed by atoms with Gasteiger partial charge in [0.25, 0.3) is 0 Å². The molecule has 1 N–H and O–H groups in total. The van der Waals surface area contributed by atoms with Gasteiger partial charge in [-0.05, 0) is 40.9 Å². The maximum atomic E-state index is 11.2. The van der Waals surface area contributed by atoms with Crippen LogP contribution < -0.4 is 0 Å². The zero-order valence-corrected chi connectivity index (χ0v) is 10.6. The first kappa shape index (κ1) is 11.1. The lowest BCUT2D eigenvalue weighted by Crippen LogP contribution is -2.05. The molecule has 2 rings (SSSR count). The molecule has 5 heteroatoms. The van der Waals surface area contributed by atoms with E-state index in [4.69, 9.17) is 5.11 Å².